The van der Waals surface area contributed by atoms with Crippen molar-refractivity contribution in [1.82, 2.24) is 19.7 Å². The van der Waals surface area contributed by atoms with E-state index in [1.807, 2.05) is 20.0 Å². The third-order valence-corrected chi connectivity index (χ3v) is 6.20. The minimum absolute atomic E-state index is 0.266. The topological polar surface area (TPSA) is 83.8 Å². The Morgan fingerprint density at radius 3 is 2.70 bits per heavy atom. The molecule has 138 valence electrons. The summed E-state index contributed by atoms with van der Waals surface area (Å²) >= 11 is 1.67. The van der Waals surface area contributed by atoms with E-state index in [2.05, 4.69) is 32.5 Å². The van der Waals surface area contributed by atoms with Crippen LogP contribution in [0.5, 0.6) is 0 Å². The van der Waals surface area contributed by atoms with E-state index >= 15 is 0 Å². The van der Waals surface area contributed by atoms with E-state index in [1.54, 1.807) is 22.2 Å². The van der Waals surface area contributed by atoms with Crippen LogP contribution >= 0.6 is 11.3 Å². The molecule has 1 aliphatic heterocycles. The van der Waals surface area contributed by atoms with Gasteiger partial charge in [-0.25, -0.2) is 4.98 Å². The van der Waals surface area contributed by atoms with Gasteiger partial charge in [0.1, 0.15) is 17.5 Å². The third kappa shape index (κ3) is 3.34. The number of thiophene rings is 1. The summed E-state index contributed by atoms with van der Waals surface area (Å²) in [7, 11) is 1.89. The zero-order chi connectivity index (χ0) is 19.0. The first-order valence-electron chi connectivity index (χ1n) is 9.06. The van der Waals surface area contributed by atoms with Crippen LogP contribution in [-0.2, 0) is 13.6 Å². The van der Waals surface area contributed by atoms with Crippen LogP contribution in [0.2, 0.25) is 0 Å². The number of hydrogen-bond acceptors (Lipinski definition) is 6. The summed E-state index contributed by atoms with van der Waals surface area (Å²) < 4.78 is 1.80. The van der Waals surface area contributed by atoms with E-state index in [0.29, 0.717) is 5.56 Å². The highest BCUT2D eigenvalue weighted by molar-refractivity contribution is 7.13. The van der Waals surface area contributed by atoms with Gasteiger partial charge in [-0.05, 0) is 55.9 Å². The van der Waals surface area contributed by atoms with Gasteiger partial charge in [0.15, 0.2) is 0 Å². The van der Waals surface area contributed by atoms with Gasteiger partial charge in [0.2, 0.25) is 0 Å². The molecular weight excluding hydrogens is 356 g/mol. The van der Waals surface area contributed by atoms with Crippen LogP contribution in [0.3, 0.4) is 0 Å². The van der Waals surface area contributed by atoms with Gasteiger partial charge in [-0.1, -0.05) is 0 Å². The summed E-state index contributed by atoms with van der Waals surface area (Å²) in [5.41, 5.74) is 11.4. The number of anilines is 1. The maximum atomic E-state index is 9.58. The zero-order valence-corrected chi connectivity index (χ0v) is 16.4. The van der Waals surface area contributed by atoms with Crippen molar-refractivity contribution in [2.24, 2.45) is 7.05 Å². The SMILES string of the molecule is Cc1c(-c2cc(-c3cc(CN4CCCC4)cs3)nc(N)c2C#N)cnn1C. The summed E-state index contributed by atoms with van der Waals surface area (Å²) in [4.78, 5) is 8.06. The Hall–Kier alpha value is -2.69. The maximum absolute atomic E-state index is 9.58. The van der Waals surface area contributed by atoms with Crippen LogP contribution in [0.4, 0.5) is 5.82 Å². The molecule has 0 bridgehead atoms. The van der Waals surface area contributed by atoms with Crippen LogP contribution < -0.4 is 5.73 Å². The van der Waals surface area contributed by atoms with Crippen molar-refractivity contribution < 1.29 is 0 Å². The molecule has 1 fully saturated rings. The molecule has 0 atom stereocenters. The minimum Gasteiger partial charge on any atom is -0.383 e. The number of likely N-dealkylation sites (tertiary alicyclic amines) is 1. The molecule has 0 aromatic carbocycles. The Morgan fingerprint density at radius 1 is 1.26 bits per heavy atom. The summed E-state index contributed by atoms with van der Waals surface area (Å²) in [5.74, 6) is 0.266. The van der Waals surface area contributed by atoms with Gasteiger partial charge in [-0.3, -0.25) is 9.58 Å². The van der Waals surface area contributed by atoms with Crippen molar-refractivity contribution in [3.8, 4) is 27.8 Å². The van der Waals surface area contributed by atoms with Gasteiger partial charge >= 0.3 is 0 Å². The normalized spacial score (nSPS) is 14.6. The molecule has 2 N–H and O–H groups in total. The van der Waals surface area contributed by atoms with Crippen molar-refractivity contribution in [3.63, 3.8) is 0 Å². The molecule has 0 amide bonds. The highest BCUT2D eigenvalue weighted by Gasteiger charge is 2.18. The van der Waals surface area contributed by atoms with E-state index < -0.39 is 0 Å². The van der Waals surface area contributed by atoms with E-state index in [0.717, 1.165) is 33.9 Å². The number of nitrogens with zero attached hydrogens (tertiary/aromatic N) is 5. The van der Waals surface area contributed by atoms with Crippen molar-refractivity contribution in [2.75, 3.05) is 18.8 Å². The lowest BCUT2D eigenvalue weighted by atomic mass is 10.0. The van der Waals surface area contributed by atoms with Crippen molar-refractivity contribution in [1.29, 1.82) is 5.26 Å². The Kier molecular flexibility index (Phi) is 4.68. The number of nitriles is 1. The molecule has 0 saturated carbocycles. The molecule has 4 heterocycles. The van der Waals surface area contributed by atoms with Gasteiger partial charge in [0.25, 0.3) is 0 Å². The Bertz CT molecular complexity index is 1020. The number of aryl methyl sites for hydroxylation is 1. The van der Waals surface area contributed by atoms with E-state index in [1.165, 1.54) is 31.5 Å². The van der Waals surface area contributed by atoms with Crippen LogP contribution in [-0.4, -0.2) is 32.8 Å². The molecule has 7 heteroatoms. The van der Waals surface area contributed by atoms with Crippen LogP contribution in [0.25, 0.3) is 21.7 Å². The lowest BCUT2D eigenvalue weighted by Gasteiger charge is -2.12. The second kappa shape index (κ2) is 7.14. The van der Waals surface area contributed by atoms with Gasteiger partial charge in [-0.2, -0.15) is 10.4 Å². The van der Waals surface area contributed by atoms with Gasteiger partial charge < -0.3 is 5.73 Å². The Balaban J connectivity index is 1.73. The Labute approximate surface area is 162 Å². The van der Waals surface area contributed by atoms with Crippen LogP contribution in [0.15, 0.2) is 23.7 Å². The molecule has 0 spiro atoms. The van der Waals surface area contributed by atoms with E-state index in [4.69, 9.17) is 5.73 Å². The van der Waals surface area contributed by atoms with Crippen molar-refractivity contribution in [3.05, 3.63) is 40.5 Å². The van der Waals surface area contributed by atoms with Crippen LogP contribution in [0, 0.1) is 18.3 Å². The van der Waals surface area contributed by atoms with Gasteiger partial charge in [0.05, 0.1) is 16.8 Å². The fourth-order valence-electron chi connectivity index (χ4n) is 3.58. The molecule has 1 saturated heterocycles. The first-order valence-corrected chi connectivity index (χ1v) is 9.94. The number of pyridine rings is 1. The predicted molar refractivity (Wildman–Crippen MR) is 108 cm³/mol. The van der Waals surface area contributed by atoms with E-state index in [9.17, 15) is 5.26 Å². The molecule has 4 rings (SSSR count). The summed E-state index contributed by atoms with van der Waals surface area (Å²) in [6.45, 7) is 5.32. The number of aromatic nitrogens is 3. The smallest absolute Gasteiger partial charge is 0.142 e. The summed E-state index contributed by atoms with van der Waals surface area (Å²) in [6.07, 6.45) is 4.36. The van der Waals surface area contributed by atoms with Crippen LogP contribution in [0.1, 0.15) is 29.7 Å². The number of rotatable bonds is 4. The largest absolute Gasteiger partial charge is 0.383 e. The molecule has 3 aromatic heterocycles. The quantitative estimate of drug-likeness (QED) is 0.750. The van der Waals surface area contributed by atoms with Crippen molar-refractivity contribution in [2.45, 2.75) is 26.3 Å². The second-order valence-corrected chi connectivity index (χ2v) is 7.91. The molecule has 0 unspecified atom stereocenters. The maximum Gasteiger partial charge on any atom is 0.142 e. The average Bonchev–Trinajstić information content (AvgIpc) is 3.39. The first kappa shape index (κ1) is 17.7. The minimum atomic E-state index is 0.266. The molecule has 27 heavy (non-hydrogen) atoms. The average molecular weight is 379 g/mol. The highest BCUT2D eigenvalue weighted by Crippen LogP contribution is 2.35. The van der Waals surface area contributed by atoms with Gasteiger partial charge in [0, 0.05) is 30.4 Å². The van der Waals surface area contributed by atoms with Crippen molar-refractivity contribution >= 4 is 17.2 Å². The Morgan fingerprint density at radius 2 is 2.04 bits per heavy atom. The highest BCUT2D eigenvalue weighted by atomic mass is 32.1. The molecule has 0 radical (unpaired) electrons. The van der Waals surface area contributed by atoms with Gasteiger partial charge in [-0.15, -0.1) is 11.3 Å². The fourth-order valence-corrected chi connectivity index (χ4v) is 4.44. The third-order valence-electron chi connectivity index (χ3n) is 5.20. The number of nitrogen functional groups attached to an aromatic ring is 1. The fraction of sp³-hybridized carbons (Fsp3) is 0.350. The molecule has 1 aliphatic rings. The number of nitrogens with two attached hydrogens (primary N) is 1. The second-order valence-electron chi connectivity index (χ2n) is 7.00. The molecule has 0 aliphatic carbocycles. The molecule has 3 aromatic rings. The molecular formula is C20H22N6S. The molecule has 6 nitrogen and oxygen atoms in total. The predicted octanol–water partition coefficient (Wildman–Crippen LogP) is 3.57. The number of hydrogen-bond donors (Lipinski definition) is 1. The lowest BCUT2D eigenvalue weighted by Crippen LogP contribution is -2.17. The first-order chi connectivity index (χ1) is 13.1. The monoisotopic (exact) mass is 378 g/mol. The van der Waals surface area contributed by atoms with E-state index in [-0.39, 0.29) is 5.82 Å². The lowest BCUT2D eigenvalue weighted by molar-refractivity contribution is 0.332. The zero-order valence-electron chi connectivity index (χ0n) is 15.6. The summed E-state index contributed by atoms with van der Waals surface area (Å²) in [5, 5.41) is 16.1. The summed E-state index contributed by atoms with van der Waals surface area (Å²) in [6, 6.07) is 6.36. The standard InChI is InChI=1S/C20H22N6S/c1-13-17(10-23-25(13)2)15-8-18(24-20(22)16(15)9-21)19-7-14(12-27-19)11-26-5-3-4-6-26/h7-8,10,12H,3-6,11H2,1-2H3,(H2,22,24).